The van der Waals surface area contributed by atoms with E-state index in [0.717, 1.165) is 36.4 Å². The van der Waals surface area contributed by atoms with Gasteiger partial charge in [0.2, 0.25) is 47.3 Å². The van der Waals surface area contributed by atoms with Gasteiger partial charge in [0, 0.05) is 143 Å². The van der Waals surface area contributed by atoms with Gasteiger partial charge in [0.05, 0.1) is 32.8 Å². The van der Waals surface area contributed by atoms with Gasteiger partial charge in [0.15, 0.2) is 46.5 Å². The average molecular weight is 2100 g/mol. The number of rotatable bonds is 32. The second kappa shape index (κ2) is 44.4. The number of carbonyl (C=O) groups is 12. The van der Waals surface area contributed by atoms with Gasteiger partial charge in [-0.05, 0) is 97.1 Å². The predicted octanol–water partition coefficient (Wildman–Crippen LogP) is 22.1. The topological polar surface area (TPSA) is 231 Å². The molecule has 0 bridgehead atoms. The Morgan fingerprint density at radius 3 is 0.634 bits per heavy atom. The number of barbiturate groups is 4. The Labute approximate surface area is 789 Å². The van der Waals surface area contributed by atoms with E-state index in [4.69, 9.17) is 23.2 Å². The molecule has 12 rings (SSSR count). The molecule has 0 aromatic heterocycles. The first-order valence-electron chi connectivity index (χ1n) is 40.7. The quantitative estimate of drug-likeness (QED) is 0.0283. The zero-order valence-electron chi connectivity index (χ0n) is 71.5. The van der Waals surface area contributed by atoms with Crippen molar-refractivity contribution in [3.05, 3.63) is 282 Å². The highest BCUT2D eigenvalue weighted by Crippen LogP contribution is 2.45. The second-order valence-corrected chi connectivity index (χ2v) is 32.1. The molecule has 4 saturated heterocycles. The van der Waals surface area contributed by atoms with Crippen molar-refractivity contribution in [2.75, 3.05) is 52.4 Å². The van der Waals surface area contributed by atoms with Gasteiger partial charge in [-0.15, -0.1) is 0 Å². The molecule has 8 aromatic rings. The molecular formula is C89H65Cl2F31N8O12. The molecule has 53 heteroatoms. The Kier molecular flexibility index (Phi) is 35.1. The van der Waals surface area contributed by atoms with Crippen molar-refractivity contribution in [3.8, 4) is 0 Å². The maximum Gasteiger partial charge on any atom is 0.417 e. The highest BCUT2D eigenvalue weighted by Gasteiger charge is 2.51. The molecular weight excluding hydrogens is 2030 g/mol. The van der Waals surface area contributed by atoms with Crippen LogP contribution < -0.4 is 0 Å². The van der Waals surface area contributed by atoms with Gasteiger partial charge in [-0.1, -0.05) is 65.7 Å². The minimum atomic E-state index is -5.04. The van der Waals surface area contributed by atoms with Crippen molar-refractivity contribution < 1.29 is 194 Å². The molecule has 0 N–H and O–H groups in total. The van der Waals surface area contributed by atoms with Gasteiger partial charge in [0.1, 0.15) is 49.0 Å². The molecule has 142 heavy (non-hydrogen) atoms. The lowest BCUT2D eigenvalue weighted by Crippen LogP contribution is -2.56. The van der Waals surface area contributed by atoms with Crippen molar-refractivity contribution in [1.82, 2.24) is 39.2 Å². The van der Waals surface area contributed by atoms with Crippen LogP contribution in [0.1, 0.15) is 127 Å². The summed E-state index contributed by atoms with van der Waals surface area (Å²) >= 11 is 11.1. The third kappa shape index (κ3) is 27.1. The highest BCUT2D eigenvalue weighted by molar-refractivity contribution is 6.31. The Bertz CT molecular complexity index is 5970. The first kappa shape index (κ1) is 112. The molecule has 0 atom stereocenters. The van der Waals surface area contributed by atoms with Crippen molar-refractivity contribution in [2.45, 2.75) is 131 Å². The molecule has 16 amide bonds. The molecule has 4 aliphatic rings. The summed E-state index contributed by atoms with van der Waals surface area (Å²) in [5.74, 6) is -59.2. The van der Waals surface area contributed by atoms with Gasteiger partial charge in [-0.3, -0.25) is 77.6 Å². The van der Waals surface area contributed by atoms with Crippen LogP contribution in [0.2, 0.25) is 10.0 Å². The molecule has 8 aromatic carbocycles. The number of alkyl halides is 19. The Balaban J connectivity index is 0.000000211. The van der Waals surface area contributed by atoms with E-state index in [1.165, 1.54) is 12.1 Å². The fraction of sp³-hybridized carbons (Fsp3) is 0.326. The van der Waals surface area contributed by atoms with E-state index >= 15 is 0 Å². The molecule has 4 fully saturated rings. The predicted molar refractivity (Wildman–Crippen MR) is 428 cm³/mol. The van der Waals surface area contributed by atoms with Crippen LogP contribution >= 0.6 is 23.2 Å². The molecule has 0 unspecified atom stereocenters. The molecule has 0 saturated carbocycles. The zero-order valence-corrected chi connectivity index (χ0v) is 73.0. The van der Waals surface area contributed by atoms with Crippen molar-refractivity contribution in [1.29, 1.82) is 0 Å². The van der Waals surface area contributed by atoms with E-state index in [0.29, 0.717) is 107 Å². The van der Waals surface area contributed by atoms with Crippen molar-refractivity contribution in [3.63, 3.8) is 0 Å². The molecule has 0 aliphatic carbocycles. The number of nitrogens with zero attached hydrogens (tertiary/aromatic N) is 8. The number of hydrogen-bond donors (Lipinski definition) is 0. The largest absolute Gasteiger partial charge is 0.417 e. The van der Waals surface area contributed by atoms with Gasteiger partial charge in [-0.25, -0.2) is 142 Å². The molecule has 20 nitrogen and oxygen atoms in total. The minimum absolute atomic E-state index is 0.117. The summed E-state index contributed by atoms with van der Waals surface area (Å²) in [6, 6.07) is 10.7. The number of carbonyl (C=O) groups excluding carboxylic acids is 12. The standard InChI is InChI=1S/C23H16ClF9N2O3.C22H17ClF6N2O3.2C22H16F8N2O3/c24-15-5-4-12(10-14(15)23(31,32)33)21(27,28)6-8-34-17(36)11-18(37)35(20(34)38)9-7-22(29,30)13-2-1-3-16(25)19(13)26;23-14-6-4-13(5-7-14)21(26,27)8-10-30-17(32)12-18(33)31(20(30)34)11-9-22(28,29)15-2-1-3-16(24)19(15)25;23-14-5-12(6-15(24)9-14)21(27,28)1-3-31-18(33)11-19(34)32(20(31)35)4-2-22(29,30)13-7-16(25)10-17(26)8-13;23-14-5-1-3-12(18(14)25)21(27,28)7-9-31-16(33)11-17(34)32(20(31)35)10-8-22(29,30)13-4-2-6-15(24)19(13)26/h1-5,10H,6-9,11H2;1-7H,8-12H2;5-10H,1-4,11H2;1-6H,7-11H2. The van der Waals surface area contributed by atoms with E-state index in [9.17, 15) is 194 Å². The van der Waals surface area contributed by atoms with Crippen LogP contribution in [0.5, 0.6) is 0 Å². The third-order valence-corrected chi connectivity index (χ3v) is 22.2. The fourth-order valence-electron chi connectivity index (χ4n) is 14.0. The van der Waals surface area contributed by atoms with Crippen LogP contribution in [-0.2, 0) is 91.9 Å². The van der Waals surface area contributed by atoms with Gasteiger partial charge in [-0.2, -0.15) is 13.2 Å². The molecule has 4 aliphatic heterocycles. The van der Waals surface area contributed by atoms with E-state index < -0.39 is 379 Å². The Hall–Kier alpha value is -13.4. The van der Waals surface area contributed by atoms with Crippen LogP contribution in [0.15, 0.2) is 152 Å². The third-order valence-electron chi connectivity index (χ3n) is 21.6. The maximum absolute atomic E-state index is 14.7. The van der Waals surface area contributed by atoms with Gasteiger partial charge >= 0.3 is 30.3 Å². The Morgan fingerprint density at radius 1 is 0.218 bits per heavy atom. The zero-order chi connectivity index (χ0) is 106. The minimum Gasteiger partial charge on any atom is -0.274 e. The van der Waals surface area contributed by atoms with Crippen LogP contribution in [-0.4, -0.2) is 163 Å². The number of hydrogen-bond acceptors (Lipinski definition) is 12. The lowest BCUT2D eigenvalue weighted by molar-refractivity contribution is -0.145. The number of imide groups is 8. The van der Waals surface area contributed by atoms with Gasteiger partial charge < -0.3 is 0 Å². The van der Waals surface area contributed by atoms with Gasteiger partial charge in [0.25, 0.3) is 47.4 Å². The summed E-state index contributed by atoms with van der Waals surface area (Å²) in [4.78, 5) is 149. The number of halogens is 33. The van der Waals surface area contributed by atoms with Crippen LogP contribution in [0.4, 0.5) is 155 Å². The summed E-state index contributed by atoms with van der Waals surface area (Å²) < 4.78 is 432. The SMILES string of the molecule is O=C1CC(=O)N(CCC(F)(F)c2cc(F)cc(F)c2)C(=O)N1CCC(F)(F)c1cc(F)cc(F)c1.O=C1CC(=O)N(CCC(F)(F)c2cccc(F)c2F)C(=O)N1CCC(F)(F)c1ccc(Cl)c(C(F)(F)F)c1.O=C1CC(=O)N(CCC(F)(F)c2cccc(F)c2F)C(=O)N1CCC(F)(F)c1ccc(Cl)cc1.O=C1CC(=O)N(CCC(F)(F)c2cccc(F)c2F)C(=O)N1CCC(F)(F)c1cccc(F)c1F. The summed E-state index contributed by atoms with van der Waals surface area (Å²) in [5, 5.41) is -0.604. The van der Waals surface area contributed by atoms with Crippen molar-refractivity contribution >= 4 is 94.6 Å². The lowest BCUT2D eigenvalue weighted by atomic mass is 10.0. The first-order valence-corrected chi connectivity index (χ1v) is 41.5. The Morgan fingerprint density at radius 2 is 0.415 bits per heavy atom. The van der Waals surface area contributed by atoms with Crippen LogP contribution in [0.25, 0.3) is 0 Å². The smallest absolute Gasteiger partial charge is 0.274 e. The normalized spacial score (nSPS) is 15.3. The van der Waals surface area contributed by atoms with E-state index in [1.807, 2.05) is 0 Å². The van der Waals surface area contributed by atoms with E-state index in [-0.39, 0.29) is 40.5 Å². The summed E-state index contributed by atoms with van der Waals surface area (Å²) in [5.41, 5.74) is -10.4. The molecule has 4 heterocycles. The van der Waals surface area contributed by atoms with E-state index in [1.54, 1.807) is 0 Å². The number of urea groups is 4. The summed E-state index contributed by atoms with van der Waals surface area (Å²) in [6.45, 7) is -7.95. The highest BCUT2D eigenvalue weighted by atomic mass is 35.5. The fourth-order valence-corrected chi connectivity index (χ4v) is 14.3. The van der Waals surface area contributed by atoms with Crippen LogP contribution in [0, 0.1) is 69.8 Å². The summed E-state index contributed by atoms with van der Waals surface area (Å²) in [6.07, 6.45) is -19.2. The van der Waals surface area contributed by atoms with Crippen molar-refractivity contribution in [2.24, 2.45) is 0 Å². The second-order valence-electron chi connectivity index (χ2n) is 31.3. The first-order chi connectivity index (χ1) is 65.7. The maximum atomic E-state index is 14.7. The molecule has 0 spiro atoms. The number of benzene rings is 8. The molecule has 0 radical (unpaired) electrons. The monoisotopic (exact) mass is 2100 g/mol. The summed E-state index contributed by atoms with van der Waals surface area (Å²) in [7, 11) is 0. The average Bonchev–Trinajstić information content (AvgIpc) is 0.792. The van der Waals surface area contributed by atoms with E-state index in [2.05, 4.69) is 0 Å². The number of amides is 16. The lowest BCUT2D eigenvalue weighted by Gasteiger charge is -2.34. The molecule has 764 valence electrons. The van der Waals surface area contributed by atoms with Crippen LogP contribution in [0.3, 0.4) is 0 Å².